The number of hydrogen-bond acceptors (Lipinski definition) is 6. The molecule has 0 fully saturated rings. The number of anilines is 2. The van der Waals surface area contributed by atoms with Crippen LogP contribution in [0.2, 0.25) is 0 Å². The Morgan fingerprint density at radius 2 is 1.72 bits per heavy atom. The van der Waals surface area contributed by atoms with Gasteiger partial charge in [-0.25, -0.2) is 19.4 Å². The van der Waals surface area contributed by atoms with Gasteiger partial charge in [0.1, 0.15) is 36.3 Å². The van der Waals surface area contributed by atoms with Crippen LogP contribution in [0.25, 0.3) is 22.2 Å². The number of allylic oxidation sites excluding steroid dienone is 1. The van der Waals surface area contributed by atoms with Gasteiger partial charge < -0.3 is 15.4 Å². The molecule has 0 saturated carbocycles. The van der Waals surface area contributed by atoms with Crippen LogP contribution in [0.3, 0.4) is 0 Å². The lowest BCUT2D eigenvalue weighted by molar-refractivity contribution is 0.262. The summed E-state index contributed by atoms with van der Waals surface area (Å²) in [5.41, 5.74) is 4.50. The Morgan fingerprint density at radius 1 is 0.978 bits per heavy atom. The molecule has 46 heavy (non-hydrogen) atoms. The molecule has 2 aromatic carbocycles. The lowest BCUT2D eigenvalue weighted by Crippen LogP contribution is -2.30. The van der Waals surface area contributed by atoms with Crippen LogP contribution in [-0.4, -0.2) is 37.0 Å². The molecule has 3 heterocycles. The standard InChI is InChI=1S/C36H41N7O3/c1-6-7-8-18-43-34-30(16-11-17-38-34)31(26-12-9-13-27(21-26)46-20-19-42-23-37-22-39-42)33(35(43)44)41-36(45)40-32-28(24(2)3)14-10-15-29(32)25(4)5/h6,9-17,21-25H,1,7-8,18-20H2,2-5H3,(H2,40,41,45). The minimum atomic E-state index is -0.491. The van der Waals surface area contributed by atoms with E-state index in [4.69, 9.17) is 4.74 Å². The number of aromatic nitrogens is 5. The molecule has 5 aromatic rings. The summed E-state index contributed by atoms with van der Waals surface area (Å²) in [5, 5.41) is 10.9. The number of rotatable bonds is 13. The Labute approximate surface area is 269 Å². The van der Waals surface area contributed by atoms with Crippen molar-refractivity contribution in [3.8, 4) is 16.9 Å². The topological polar surface area (TPSA) is 116 Å². The molecule has 2 N–H and O–H groups in total. The first-order valence-corrected chi connectivity index (χ1v) is 15.7. The number of urea groups is 1. The number of nitrogens with one attached hydrogen (secondary N) is 2. The van der Waals surface area contributed by atoms with Crippen molar-refractivity contribution in [2.24, 2.45) is 0 Å². The van der Waals surface area contributed by atoms with E-state index >= 15 is 0 Å². The Kier molecular flexibility index (Phi) is 10.3. The van der Waals surface area contributed by atoms with E-state index in [9.17, 15) is 9.59 Å². The number of carbonyl (C=O) groups is 1. The second-order valence-electron chi connectivity index (χ2n) is 11.7. The van der Waals surface area contributed by atoms with Crippen molar-refractivity contribution in [1.82, 2.24) is 24.3 Å². The number of amides is 2. The fourth-order valence-electron chi connectivity index (χ4n) is 5.60. The summed E-state index contributed by atoms with van der Waals surface area (Å²) in [6, 6.07) is 16.8. The number of ether oxygens (including phenoxy) is 1. The second kappa shape index (κ2) is 14.7. The third kappa shape index (κ3) is 7.17. The third-order valence-corrected chi connectivity index (χ3v) is 7.84. The van der Waals surface area contributed by atoms with Crippen molar-refractivity contribution < 1.29 is 9.53 Å². The van der Waals surface area contributed by atoms with Gasteiger partial charge in [0.25, 0.3) is 5.56 Å². The molecule has 10 nitrogen and oxygen atoms in total. The van der Waals surface area contributed by atoms with Gasteiger partial charge in [-0.15, -0.1) is 6.58 Å². The fourth-order valence-corrected chi connectivity index (χ4v) is 5.60. The number of fused-ring (bicyclic) bond motifs is 1. The number of unbranched alkanes of at least 4 members (excludes halogenated alkanes) is 1. The number of carbonyl (C=O) groups excluding carboxylic acids is 1. The van der Waals surface area contributed by atoms with Crippen LogP contribution in [0.5, 0.6) is 5.75 Å². The zero-order valence-electron chi connectivity index (χ0n) is 26.9. The minimum absolute atomic E-state index is 0.171. The van der Waals surface area contributed by atoms with Gasteiger partial charge in [0.05, 0.1) is 6.54 Å². The van der Waals surface area contributed by atoms with Crippen LogP contribution < -0.4 is 20.9 Å². The maximum atomic E-state index is 14.3. The van der Waals surface area contributed by atoms with E-state index in [0.717, 1.165) is 28.6 Å². The molecule has 0 aliphatic rings. The van der Waals surface area contributed by atoms with E-state index < -0.39 is 6.03 Å². The number of aryl methyl sites for hydroxylation is 1. The van der Waals surface area contributed by atoms with E-state index in [1.165, 1.54) is 6.33 Å². The van der Waals surface area contributed by atoms with Crippen molar-refractivity contribution in [2.45, 2.75) is 65.5 Å². The minimum Gasteiger partial charge on any atom is -0.492 e. The maximum absolute atomic E-state index is 14.3. The van der Waals surface area contributed by atoms with Crippen LogP contribution in [0, 0.1) is 0 Å². The average Bonchev–Trinajstić information content (AvgIpc) is 3.56. The highest BCUT2D eigenvalue weighted by Gasteiger charge is 2.23. The highest BCUT2D eigenvalue weighted by molar-refractivity contribution is 6.07. The zero-order valence-corrected chi connectivity index (χ0v) is 26.9. The van der Waals surface area contributed by atoms with Gasteiger partial charge in [-0.3, -0.25) is 9.36 Å². The maximum Gasteiger partial charge on any atom is 0.323 e. The van der Waals surface area contributed by atoms with Gasteiger partial charge in [-0.1, -0.05) is 64.1 Å². The summed E-state index contributed by atoms with van der Waals surface area (Å²) in [6.07, 6.45) is 8.06. The van der Waals surface area contributed by atoms with Crippen molar-refractivity contribution in [3.05, 3.63) is 108 Å². The molecule has 0 spiro atoms. The molecule has 5 rings (SSSR count). The highest BCUT2D eigenvalue weighted by atomic mass is 16.5. The lowest BCUT2D eigenvalue weighted by Gasteiger charge is -2.22. The first kappa shape index (κ1) is 32.2. The predicted molar refractivity (Wildman–Crippen MR) is 184 cm³/mol. The molecule has 0 radical (unpaired) electrons. The van der Waals surface area contributed by atoms with Gasteiger partial charge in [-0.05, 0) is 65.6 Å². The molecule has 0 unspecified atom stereocenters. The van der Waals surface area contributed by atoms with Gasteiger partial charge in [-0.2, -0.15) is 5.10 Å². The first-order chi connectivity index (χ1) is 22.3. The molecule has 0 atom stereocenters. The van der Waals surface area contributed by atoms with E-state index in [0.29, 0.717) is 48.6 Å². The predicted octanol–water partition coefficient (Wildman–Crippen LogP) is 7.59. The van der Waals surface area contributed by atoms with E-state index in [1.54, 1.807) is 21.8 Å². The quantitative estimate of drug-likeness (QED) is 0.104. The van der Waals surface area contributed by atoms with Crippen LogP contribution in [0.15, 0.2) is 90.9 Å². The number of para-hydroxylation sites is 1. The molecule has 3 aromatic heterocycles. The Bertz CT molecular complexity index is 1850. The molecule has 0 aliphatic carbocycles. The molecule has 0 aliphatic heterocycles. The number of pyridine rings is 2. The smallest absolute Gasteiger partial charge is 0.323 e. The van der Waals surface area contributed by atoms with Crippen molar-refractivity contribution in [2.75, 3.05) is 17.2 Å². The second-order valence-corrected chi connectivity index (χ2v) is 11.7. The monoisotopic (exact) mass is 619 g/mol. The Balaban J connectivity index is 1.59. The van der Waals surface area contributed by atoms with Crippen LogP contribution >= 0.6 is 0 Å². The summed E-state index contributed by atoms with van der Waals surface area (Å²) in [4.78, 5) is 36.8. The van der Waals surface area contributed by atoms with Gasteiger partial charge in [0.2, 0.25) is 0 Å². The SMILES string of the molecule is C=CCCCn1c(=O)c(NC(=O)Nc2c(C(C)C)cccc2C(C)C)c(-c2cccc(OCCn3cncn3)c2)c2cccnc21. The summed E-state index contributed by atoms with van der Waals surface area (Å²) in [7, 11) is 0. The van der Waals surface area contributed by atoms with Crippen LogP contribution in [0.4, 0.5) is 16.2 Å². The number of benzene rings is 2. The number of hydrogen-bond donors (Lipinski definition) is 2. The van der Waals surface area contributed by atoms with Crippen LogP contribution in [-0.2, 0) is 13.1 Å². The average molecular weight is 620 g/mol. The van der Waals surface area contributed by atoms with Crippen molar-refractivity contribution >= 4 is 28.4 Å². The van der Waals surface area contributed by atoms with Crippen molar-refractivity contribution in [1.29, 1.82) is 0 Å². The summed E-state index contributed by atoms with van der Waals surface area (Å²) in [6.45, 7) is 13.5. The summed E-state index contributed by atoms with van der Waals surface area (Å²) in [5.74, 6) is 0.990. The third-order valence-electron chi connectivity index (χ3n) is 7.84. The fraction of sp³-hybridized carbons (Fsp3) is 0.306. The summed E-state index contributed by atoms with van der Waals surface area (Å²) < 4.78 is 9.38. The van der Waals surface area contributed by atoms with Gasteiger partial charge in [0, 0.05) is 29.4 Å². The highest BCUT2D eigenvalue weighted by Crippen LogP contribution is 2.36. The normalized spacial score (nSPS) is 11.3. The van der Waals surface area contributed by atoms with E-state index in [1.807, 2.05) is 60.7 Å². The summed E-state index contributed by atoms with van der Waals surface area (Å²) >= 11 is 0. The molecule has 0 bridgehead atoms. The number of nitrogens with zero attached hydrogens (tertiary/aromatic N) is 5. The Hall–Kier alpha value is -5.25. The zero-order chi connectivity index (χ0) is 32.6. The molecule has 10 heteroatoms. The van der Waals surface area contributed by atoms with Crippen molar-refractivity contribution in [3.63, 3.8) is 0 Å². The molecule has 238 valence electrons. The Morgan fingerprint density at radius 3 is 2.41 bits per heavy atom. The largest absolute Gasteiger partial charge is 0.492 e. The first-order valence-electron chi connectivity index (χ1n) is 15.7. The lowest BCUT2D eigenvalue weighted by atomic mass is 9.93. The van der Waals surface area contributed by atoms with Gasteiger partial charge in [0.15, 0.2) is 0 Å². The van der Waals surface area contributed by atoms with E-state index in [-0.39, 0.29) is 23.1 Å². The van der Waals surface area contributed by atoms with E-state index in [2.05, 4.69) is 60.0 Å². The van der Waals surface area contributed by atoms with Crippen LogP contribution in [0.1, 0.15) is 63.5 Å². The van der Waals surface area contributed by atoms with Gasteiger partial charge >= 0.3 is 6.03 Å². The molecular weight excluding hydrogens is 578 g/mol. The molecule has 2 amide bonds. The molecule has 0 saturated heterocycles. The molecular formula is C36H41N7O3.